The number of likely N-dealkylation sites (N-methyl/N-ethyl adjacent to an activating group) is 1. The van der Waals surface area contributed by atoms with Crippen LogP contribution in [0.2, 0.25) is 0 Å². The largest absolute Gasteiger partial charge is 0.402 e. The molecule has 0 aromatic rings. The average molecular weight is 266 g/mol. The Morgan fingerprint density at radius 3 is 2.47 bits per heavy atom. The molecule has 0 bridgehead atoms. The minimum Gasteiger partial charge on any atom is -0.402 e. The third-order valence-corrected chi connectivity index (χ3v) is 3.00. The Morgan fingerprint density at radius 2 is 2.05 bits per heavy atom. The van der Waals surface area contributed by atoms with Crippen molar-refractivity contribution in [3.8, 4) is 0 Å². The van der Waals surface area contributed by atoms with Gasteiger partial charge in [0.2, 0.25) is 5.91 Å². The predicted octanol–water partition coefficient (Wildman–Crippen LogP) is 1.26. The number of aliphatic imine (C=N–C) groups is 1. The summed E-state index contributed by atoms with van der Waals surface area (Å²) in [5.41, 5.74) is 7.78. The van der Waals surface area contributed by atoms with Crippen LogP contribution in [-0.2, 0) is 4.79 Å². The molecule has 108 valence electrons. The molecule has 0 fully saturated rings. The second-order valence-electron chi connectivity index (χ2n) is 6.06. The molecule has 0 spiro atoms. The Hall–Kier alpha value is -1.52. The zero-order valence-electron chi connectivity index (χ0n) is 12.7. The topological polar surface area (TPSA) is 70.7 Å². The van der Waals surface area contributed by atoms with Gasteiger partial charge in [-0.25, -0.2) is 0 Å². The number of amides is 1. The monoisotopic (exact) mass is 266 g/mol. The van der Waals surface area contributed by atoms with E-state index in [1.807, 2.05) is 32.7 Å². The second-order valence-corrected chi connectivity index (χ2v) is 6.06. The number of carbonyl (C=O) groups excluding carboxylic acids is 1. The molecule has 0 saturated heterocycles. The first-order valence-corrected chi connectivity index (χ1v) is 6.71. The van der Waals surface area contributed by atoms with E-state index in [1.165, 1.54) is 0 Å². The Bertz CT molecular complexity index is 404. The SMILES string of the molecule is CN=C(C1=C(N)CCC1)N(C)CC(=O)NC(C)(C)C. The summed E-state index contributed by atoms with van der Waals surface area (Å²) in [4.78, 5) is 18.1. The summed E-state index contributed by atoms with van der Waals surface area (Å²) in [6.45, 7) is 6.20. The van der Waals surface area contributed by atoms with Crippen LogP contribution in [-0.4, -0.2) is 42.8 Å². The van der Waals surface area contributed by atoms with E-state index < -0.39 is 0 Å². The van der Waals surface area contributed by atoms with Crippen LogP contribution in [0.25, 0.3) is 0 Å². The summed E-state index contributed by atoms with van der Waals surface area (Å²) in [6.07, 6.45) is 2.95. The highest BCUT2D eigenvalue weighted by molar-refractivity contribution is 6.00. The maximum absolute atomic E-state index is 11.9. The van der Waals surface area contributed by atoms with Gasteiger partial charge in [0, 0.05) is 30.9 Å². The molecule has 0 radical (unpaired) electrons. The van der Waals surface area contributed by atoms with Gasteiger partial charge in [-0.05, 0) is 40.0 Å². The molecule has 1 aliphatic rings. The molecule has 5 heteroatoms. The maximum atomic E-state index is 11.9. The lowest BCUT2D eigenvalue weighted by Crippen LogP contribution is -2.46. The molecule has 1 aliphatic carbocycles. The Labute approximate surface area is 115 Å². The van der Waals surface area contributed by atoms with Crippen molar-refractivity contribution in [2.45, 2.75) is 45.6 Å². The molecule has 1 amide bonds. The molecule has 0 aromatic heterocycles. The molecule has 0 unspecified atom stereocenters. The van der Waals surface area contributed by atoms with Crippen molar-refractivity contribution in [3.63, 3.8) is 0 Å². The zero-order valence-corrected chi connectivity index (χ0v) is 12.7. The first-order valence-electron chi connectivity index (χ1n) is 6.71. The van der Waals surface area contributed by atoms with Crippen LogP contribution >= 0.6 is 0 Å². The molecule has 0 aliphatic heterocycles. The van der Waals surface area contributed by atoms with Gasteiger partial charge >= 0.3 is 0 Å². The van der Waals surface area contributed by atoms with E-state index in [2.05, 4.69) is 10.3 Å². The third-order valence-electron chi connectivity index (χ3n) is 3.00. The molecule has 3 N–H and O–H groups in total. The Balaban J connectivity index is 2.69. The van der Waals surface area contributed by atoms with Crippen LogP contribution in [0.5, 0.6) is 0 Å². The maximum Gasteiger partial charge on any atom is 0.239 e. The number of nitrogens with zero attached hydrogens (tertiary/aromatic N) is 2. The molecule has 0 atom stereocenters. The van der Waals surface area contributed by atoms with E-state index in [4.69, 9.17) is 5.73 Å². The summed E-state index contributed by atoms with van der Waals surface area (Å²) in [5.74, 6) is 0.826. The summed E-state index contributed by atoms with van der Waals surface area (Å²) < 4.78 is 0. The van der Waals surface area contributed by atoms with Crippen molar-refractivity contribution in [3.05, 3.63) is 11.3 Å². The predicted molar refractivity (Wildman–Crippen MR) is 78.9 cm³/mol. The minimum absolute atomic E-state index is 0.00619. The van der Waals surface area contributed by atoms with Crippen molar-refractivity contribution in [2.24, 2.45) is 10.7 Å². The molecular weight excluding hydrogens is 240 g/mol. The number of amidine groups is 1. The van der Waals surface area contributed by atoms with Crippen LogP contribution in [0.15, 0.2) is 16.3 Å². The molecule has 0 saturated carbocycles. The van der Waals surface area contributed by atoms with Gasteiger partial charge in [-0.15, -0.1) is 0 Å². The van der Waals surface area contributed by atoms with Crippen molar-refractivity contribution >= 4 is 11.7 Å². The Kier molecular flexibility index (Phi) is 4.97. The number of hydrogen-bond acceptors (Lipinski definition) is 3. The van der Waals surface area contributed by atoms with Crippen LogP contribution < -0.4 is 11.1 Å². The summed E-state index contributed by atoms with van der Waals surface area (Å²) in [7, 11) is 3.62. The highest BCUT2D eigenvalue weighted by atomic mass is 16.2. The van der Waals surface area contributed by atoms with Gasteiger partial charge in [0.1, 0.15) is 5.84 Å². The lowest BCUT2D eigenvalue weighted by molar-refractivity contribution is -0.122. The van der Waals surface area contributed by atoms with E-state index in [9.17, 15) is 4.79 Å². The number of nitrogens with two attached hydrogens (primary N) is 1. The Morgan fingerprint density at radius 1 is 1.42 bits per heavy atom. The zero-order chi connectivity index (χ0) is 14.6. The number of carbonyl (C=O) groups is 1. The molecule has 1 rings (SSSR count). The fourth-order valence-electron chi connectivity index (χ4n) is 2.31. The normalized spacial score (nSPS) is 16.8. The smallest absolute Gasteiger partial charge is 0.239 e. The van der Waals surface area contributed by atoms with Crippen molar-refractivity contribution in [2.75, 3.05) is 20.6 Å². The van der Waals surface area contributed by atoms with Gasteiger partial charge in [0.25, 0.3) is 0 Å². The van der Waals surface area contributed by atoms with Crippen LogP contribution in [0, 0.1) is 0 Å². The van der Waals surface area contributed by atoms with Crippen LogP contribution in [0.4, 0.5) is 0 Å². The van der Waals surface area contributed by atoms with E-state index >= 15 is 0 Å². The summed E-state index contributed by atoms with van der Waals surface area (Å²) in [5, 5.41) is 2.95. The van der Waals surface area contributed by atoms with Gasteiger partial charge in [0.05, 0.1) is 6.54 Å². The number of allylic oxidation sites excluding steroid dienone is 1. The van der Waals surface area contributed by atoms with E-state index in [1.54, 1.807) is 7.05 Å². The van der Waals surface area contributed by atoms with Gasteiger partial charge in [0.15, 0.2) is 0 Å². The van der Waals surface area contributed by atoms with E-state index in [0.29, 0.717) is 6.54 Å². The van der Waals surface area contributed by atoms with Gasteiger partial charge in [-0.2, -0.15) is 0 Å². The third kappa shape index (κ3) is 4.58. The van der Waals surface area contributed by atoms with Crippen molar-refractivity contribution < 1.29 is 4.79 Å². The number of nitrogens with one attached hydrogen (secondary N) is 1. The van der Waals surface area contributed by atoms with E-state index in [-0.39, 0.29) is 11.4 Å². The fraction of sp³-hybridized carbons (Fsp3) is 0.714. The first-order chi connectivity index (χ1) is 8.74. The lowest BCUT2D eigenvalue weighted by Gasteiger charge is -2.25. The number of hydrogen-bond donors (Lipinski definition) is 2. The average Bonchev–Trinajstić information content (AvgIpc) is 2.63. The summed E-state index contributed by atoms with van der Waals surface area (Å²) >= 11 is 0. The minimum atomic E-state index is -0.215. The van der Waals surface area contributed by atoms with Crippen molar-refractivity contribution in [1.82, 2.24) is 10.2 Å². The molecule has 0 heterocycles. The quantitative estimate of drug-likeness (QED) is 0.597. The highest BCUT2D eigenvalue weighted by Gasteiger charge is 2.22. The van der Waals surface area contributed by atoms with Gasteiger partial charge in [-0.1, -0.05) is 0 Å². The standard InChI is InChI=1S/C14H26N4O/c1-14(2,3)17-12(19)9-18(5)13(16-4)10-7-6-8-11(10)15/h6-9,15H2,1-5H3,(H,17,19). The second kappa shape index (κ2) is 6.08. The molecular formula is C14H26N4O. The molecule has 0 aromatic carbocycles. The highest BCUT2D eigenvalue weighted by Crippen LogP contribution is 2.24. The van der Waals surface area contributed by atoms with Crippen LogP contribution in [0.3, 0.4) is 0 Å². The van der Waals surface area contributed by atoms with Crippen molar-refractivity contribution in [1.29, 1.82) is 0 Å². The van der Waals surface area contributed by atoms with E-state index in [0.717, 1.165) is 36.4 Å². The first kappa shape index (κ1) is 15.5. The summed E-state index contributed by atoms with van der Waals surface area (Å²) in [6, 6.07) is 0. The van der Waals surface area contributed by atoms with Crippen LogP contribution in [0.1, 0.15) is 40.0 Å². The lowest BCUT2D eigenvalue weighted by atomic mass is 10.1. The van der Waals surface area contributed by atoms with Gasteiger partial charge in [-0.3, -0.25) is 9.79 Å². The number of rotatable bonds is 3. The molecule has 19 heavy (non-hydrogen) atoms. The fourth-order valence-corrected chi connectivity index (χ4v) is 2.31. The molecule has 5 nitrogen and oxygen atoms in total. The van der Waals surface area contributed by atoms with Gasteiger partial charge < -0.3 is 16.0 Å².